The summed E-state index contributed by atoms with van der Waals surface area (Å²) in [5, 5.41) is 14.2. The maximum atomic E-state index is 11.8. The summed E-state index contributed by atoms with van der Waals surface area (Å²) in [6.45, 7) is 7.30. The van der Waals surface area contributed by atoms with Crippen LogP contribution < -0.4 is 10.6 Å². The number of carbonyl (C=O) groups excluding carboxylic acids is 1. The quantitative estimate of drug-likeness (QED) is 0.782. The number of nitrogens with one attached hydrogen (secondary N) is 2. The van der Waals surface area contributed by atoms with Gasteiger partial charge >= 0.3 is 12.0 Å². The van der Waals surface area contributed by atoms with E-state index in [2.05, 4.69) is 10.6 Å². The second kappa shape index (κ2) is 6.22. The van der Waals surface area contributed by atoms with Crippen molar-refractivity contribution in [2.45, 2.75) is 33.7 Å². The molecule has 0 unspecified atom stereocenters. The fraction of sp³-hybridized carbons (Fsp3) is 0.429. The number of benzene rings is 1. The fourth-order valence-electron chi connectivity index (χ4n) is 1.68. The zero-order valence-corrected chi connectivity index (χ0v) is 11.7. The number of amides is 2. The van der Waals surface area contributed by atoms with Crippen LogP contribution >= 0.6 is 0 Å². The number of anilines is 1. The number of aryl methyl sites for hydroxylation is 2. The minimum absolute atomic E-state index is 0.179. The summed E-state index contributed by atoms with van der Waals surface area (Å²) in [7, 11) is 0. The summed E-state index contributed by atoms with van der Waals surface area (Å²) in [5.74, 6) is -1.21. The Hall–Kier alpha value is -2.04. The van der Waals surface area contributed by atoms with Gasteiger partial charge in [-0.3, -0.25) is 0 Å². The fourth-order valence-corrected chi connectivity index (χ4v) is 1.68. The largest absolute Gasteiger partial charge is 0.480 e. The average molecular weight is 264 g/mol. The molecule has 0 fully saturated rings. The molecule has 0 heterocycles. The van der Waals surface area contributed by atoms with Crippen molar-refractivity contribution >= 4 is 17.7 Å². The minimum atomic E-state index is -1.04. The summed E-state index contributed by atoms with van der Waals surface area (Å²) >= 11 is 0. The van der Waals surface area contributed by atoms with Gasteiger partial charge < -0.3 is 15.7 Å². The third kappa shape index (κ3) is 4.28. The molecular formula is C14H20N2O3. The molecule has 19 heavy (non-hydrogen) atoms. The van der Waals surface area contributed by atoms with Crippen molar-refractivity contribution in [3.8, 4) is 0 Å². The molecule has 0 aliphatic carbocycles. The van der Waals surface area contributed by atoms with Crippen molar-refractivity contribution in [1.82, 2.24) is 5.32 Å². The number of carbonyl (C=O) groups is 2. The van der Waals surface area contributed by atoms with Crippen LogP contribution in [0.15, 0.2) is 18.2 Å². The summed E-state index contributed by atoms with van der Waals surface area (Å²) < 4.78 is 0. The monoisotopic (exact) mass is 264 g/mol. The Labute approximate surface area is 113 Å². The van der Waals surface area contributed by atoms with Gasteiger partial charge in [0.15, 0.2) is 0 Å². The highest BCUT2D eigenvalue weighted by atomic mass is 16.4. The van der Waals surface area contributed by atoms with Gasteiger partial charge in [-0.05, 0) is 37.0 Å². The van der Waals surface area contributed by atoms with Crippen LogP contribution in [0.4, 0.5) is 10.5 Å². The van der Waals surface area contributed by atoms with Gasteiger partial charge in [0, 0.05) is 5.69 Å². The first-order valence-electron chi connectivity index (χ1n) is 6.19. The Morgan fingerprint density at radius 3 is 2.37 bits per heavy atom. The number of rotatable bonds is 4. The lowest BCUT2D eigenvalue weighted by Gasteiger charge is -2.18. The second-order valence-electron chi connectivity index (χ2n) is 4.98. The van der Waals surface area contributed by atoms with Gasteiger partial charge in [0.25, 0.3) is 0 Å². The highest BCUT2D eigenvalue weighted by Crippen LogP contribution is 2.16. The maximum Gasteiger partial charge on any atom is 0.326 e. The van der Waals surface area contributed by atoms with Crippen molar-refractivity contribution in [2.24, 2.45) is 5.92 Å². The van der Waals surface area contributed by atoms with Gasteiger partial charge in [-0.2, -0.15) is 0 Å². The van der Waals surface area contributed by atoms with Crippen molar-refractivity contribution in [2.75, 3.05) is 5.32 Å². The molecule has 1 rings (SSSR count). The van der Waals surface area contributed by atoms with Crippen LogP contribution in [0.3, 0.4) is 0 Å². The number of urea groups is 1. The Bertz CT molecular complexity index is 484. The van der Waals surface area contributed by atoms with Crippen LogP contribution in [0.25, 0.3) is 0 Å². The Kier molecular flexibility index (Phi) is 4.92. The Morgan fingerprint density at radius 2 is 1.84 bits per heavy atom. The number of carboxylic acid groups (broad SMARTS) is 1. The normalized spacial score (nSPS) is 12.1. The molecule has 0 aromatic heterocycles. The van der Waals surface area contributed by atoms with Gasteiger partial charge in [0.05, 0.1) is 0 Å². The van der Waals surface area contributed by atoms with E-state index in [1.807, 2.05) is 32.0 Å². The van der Waals surface area contributed by atoms with Crippen LogP contribution in [0, 0.1) is 19.8 Å². The smallest absolute Gasteiger partial charge is 0.326 e. The summed E-state index contributed by atoms with van der Waals surface area (Å²) in [6, 6.07) is 4.30. The van der Waals surface area contributed by atoms with Crippen molar-refractivity contribution in [3.05, 3.63) is 29.3 Å². The third-order valence-corrected chi connectivity index (χ3v) is 2.86. The van der Waals surface area contributed by atoms with Crippen LogP contribution in [-0.2, 0) is 4.79 Å². The van der Waals surface area contributed by atoms with E-state index >= 15 is 0 Å². The first-order chi connectivity index (χ1) is 8.81. The van der Waals surface area contributed by atoms with Crippen molar-refractivity contribution < 1.29 is 14.7 Å². The SMILES string of the molecule is Cc1ccc(C)c(NC(=O)N[C@@H](C(=O)O)C(C)C)c1. The second-order valence-corrected chi connectivity index (χ2v) is 4.98. The molecule has 0 spiro atoms. The molecule has 3 N–H and O–H groups in total. The molecule has 2 amide bonds. The topological polar surface area (TPSA) is 78.4 Å². The third-order valence-electron chi connectivity index (χ3n) is 2.86. The standard InChI is InChI=1S/C14H20N2O3/c1-8(2)12(13(17)18)16-14(19)15-11-7-9(3)5-6-10(11)4/h5-8,12H,1-4H3,(H,17,18)(H2,15,16,19)/t12-/m1/s1. The number of aliphatic carboxylic acids is 1. The summed E-state index contributed by atoms with van der Waals surface area (Å²) in [6.07, 6.45) is 0. The molecule has 1 atom stereocenters. The van der Waals surface area contributed by atoms with Gasteiger partial charge in [-0.1, -0.05) is 26.0 Å². The minimum Gasteiger partial charge on any atom is -0.480 e. The predicted molar refractivity (Wildman–Crippen MR) is 74.3 cm³/mol. The van der Waals surface area contributed by atoms with E-state index in [-0.39, 0.29) is 5.92 Å². The molecule has 0 saturated heterocycles. The molecule has 5 heteroatoms. The van der Waals surface area contributed by atoms with Gasteiger partial charge in [-0.15, -0.1) is 0 Å². The predicted octanol–water partition coefficient (Wildman–Crippen LogP) is 2.53. The average Bonchev–Trinajstić information content (AvgIpc) is 2.30. The lowest BCUT2D eigenvalue weighted by Crippen LogP contribution is -2.46. The zero-order chi connectivity index (χ0) is 14.6. The number of hydrogen-bond donors (Lipinski definition) is 3. The van der Waals surface area contributed by atoms with Crippen LogP contribution in [0.5, 0.6) is 0 Å². The molecular weight excluding hydrogens is 244 g/mol. The number of hydrogen-bond acceptors (Lipinski definition) is 2. The van der Waals surface area contributed by atoms with E-state index in [0.717, 1.165) is 11.1 Å². The molecule has 0 aliphatic rings. The Balaban J connectivity index is 2.74. The highest BCUT2D eigenvalue weighted by molar-refractivity contribution is 5.93. The van der Waals surface area contributed by atoms with Gasteiger partial charge in [0.2, 0.25) is 0 Å². The lowest BCUT2D eigenvalue weighted by atomic mass is 10.1. The Morgan fingerprint density at radius 1 is 1.21 bits per heavy atom. The maximum absolute atomic E-state index is 11.8. The van der Waals surface area contributed by atoms with E-state index in [9.17, 15) is 9.59 Å². The summed E-state index contributed by atoms with van der Waals surface area (Å²) in [5.41, 5.74) is 2.64. The first-order valence-corrected chi connectivity index (χ1v) is 6.19. The summed E-state index contributed by atoms with van der Waals surface area (Å²) in [4.78, 5) is 22.8. The van der Waals surface area contributed by atoms with Crippen molar-refractivity contribution in [3.63, 3.8) is 0 Å². The van der Waals surface area contributed by atoms with E-state index in [1.54, 1.807) is 13.8 Å². The van der Waals surface area contributed by atoms with Crippen LogP contribution in [0.2, 0.25) is 0 Å². The molecule has 0 radical (unpaired) electrons. The van der Waals surface area contributed by atoms with Crippen molar-refractivity contribution in [1.29, 1.82) is 0 Å². The van der Waals surface area contributed by atoms with Crippen LogP contribution in [0.1, 0.15) is 25.0 Å². The molecule has 0 bridgehead atoms. The number of carboxylic acids is 1. The van der Waals surface area contributed by atoms with E-state index in [0.29, 0.717) is 5.69 Å². The molecule has 104 valence electrons. The van der Waals surface area contributed by atoms with Crippen LogP contribution in [-0.4, -0.2) is 23.1 Å². The molecule has 1 aromatic rings. The highest BCUT2D eigenvalue weighted by Gasteiger charge is 2.23. The molecule has 0 aliphatic heterocycles. The lowest BCUT2D eigenvalue weighted by molar-refractivity contribution is -0.140. The molecule has 5 nitrogen and oxygen atoms in total. The zero-order valence-electron chi connectivity index (χ0n) is 11.7. The first kappa shape index (κ1) is 15.0. The van der Waals surface area contributed by atoms with Gasteiger partial charge in [0.1, 0.15) is 6.04 Å². The van der Waals surface area contributed by atoms with E-state index < -0.39 is 18.0 Å². The van der Waals surface area contributed by atoms with E-state index in [4.69, 9.17) is 5.11 Å². The molecule has 1 aromatic carbocycles. The van der Waals surface area contributed by atoms with Gasteiger partial charge in [-0.25, -0.2) is 9.59 Å². The van der Waals surface area contributed by atoms with E-state index in [1.165, 1.54) is 0 Å². The molecule has 0 saturated carbocycles.